The van der Waals surface area contributed by atoms with Gasteiger partial charge >= 0.3 is 6.18 Å². The summed E-state index contributed by atoms with van der Waals surface area (Å²) < 4.78 is 60.9. The number of nitrogen functional groups attached to an aromatic ring is 1. The van der Waals surface area contributed by atoms with Crippen molar-refractivity contribution in [2.75, 3.05) is 23.4 Å². The maximum Gasteiger partial charge on any atom is 0.416 e. The van der Waals surface area contributed by atoms with Crippen molar-refractivity contribution >= 4 is 33.0 Å². The van der Waals surface area contributed by atoms with Crippen LogP contribution in [0.1, 0.15) is 15.9 Å². The number of amides is 1. The van der Waals surface area contributed by atoms with Gasteiger partial charge in [0.25, 0.3) is 5.91 Å². The first-order chi connectivity index (χ1) is 11.9. The predicted octanol–water partition coefficient (Wildman–Crippen LogP) is 2.23. The molecular weight excluding hydrogens is 373 g/mol. The average molecular weight is 388 g/mol. The van der Waals surface area contributed by atoms with Crippen LogP contribution in [0.2, 0.25) is 0 Å². The van der Waals surface area contributed by atoms with Gasteiger partial charge in [-0.1, -0.05) is 0 Å². The predicted molar refractivity (Wildman–Crippen MR) is 91.2 cm³/mol. The highest BCUT2D eigenvalue weighted by Crippen LogP contribution is 2.32. The summed E-state index contributed by atoms with van der Waals surface area (Å²) in [6, 6.07) is 6.06. The monoisotopic (exact) mass is 388 g/mol. The van der Waals surface area contributed by atoms with Crippen LogP contribution in [-0.2, 0) is 16.2 Å². The maximum absolute atomic E-state index is 12.7. The Bertz CT molecular complexity index is 959. The number of anilines is 3. The molecule has 11 heteroatoms. The van der Waals surface area contributed by atoms with E-state index in [9.17, 15) is 26.4 Å². The zero-order valence-electron chi connectivity index (χ0n) is 13.4. The number of carbonyl (C=O) groups is 1. The van der Waals surface area contributed by atoms with Crippen molar-refractivity contribution in [2.24, 2.45) is 5.14 Å². The number of hydrogen-bond donors (Lipinski definition) is 4. The second kappa shape index (κ2) is 6.84. The van der Waals surface area contributed by atoms with E-state index in [4.69, 9.17) is 10.9 Å². The topological polar surface area (TPSA) is 127 Å². The van der Waals surface area contributed by atoms with Crippen LogP contribution in [0.4, 0.5) is 30.2 Å². The minimum absolute atomic E-state index is 0.0725. The van der Waals surface area contributed by atoms with Gasteiger partial charge in [0, 0.05) is 12.7 Å². The summed E-state index contributed by atoms with van der Waals surface area (Å²) in [6.45, 7) is 0. The van der Waals surface area contributed by atoms with Crippen molar-refractivity contribution in [3.63, 3.8) is 0 Å². The molecule has 0 saturated heterocycles. The van der Waals surface area contributed by atoms with E-state index in [1.807, 2.05) is 0 Å². The molecule has 0 unspecified atom stereocenters. The summed E-state index contributed by atoms with van der Waals surface area (Å²) in [6.07, 6.45) is -4.59. The van der Waals surface area contributed by atoms with Crippen LogP contribution in [0.15, 0.2) is 41.3 Å². The lowest BCUT2D eigenvalue weighted by atomic mass is 10.1. The standard InChI is InChI=1S/C15H15F3N4O3S/c1-21-12-5-3-9(26(20,24)25)7-13(12)22-14(23)10-4-2-8(6-11(10)19)15(16,17)18/h2-7,21H,19H2,1H3,(H,22,23)(H2,20,24,25). The summed E-state index contributed by atoms with van der Waals surface area (Å²) in [5, 5.41) is 10.2. The second-order valence-corrected chi connectivity index (χ2v) is 6.82. The molecule has 0 radical (unpaired) electrons. The number of carbonyl (C=O) groups excluding carboxylic acids is 1. The van der Waals surface area contributed by atoms with Gasteiger partial charge in [-0.3, -0.25) is 4.79 Å². The van der Waals surface area contributed by atoms with Crippen molar-refractivity contribution in [3.8, 4) is 0 Å². The summed E-state index contributed by atoms with van der Waals surface area (Å²) in [5.41, 5.74) is 4.44. The van der Waals surface area contributed by atoms with E-state index in [2.05, 4.69) is 10.6 Å². The van der Waals surface area contributed by atoms with Gasteiger partial charge in [-0.05, 0) is 36.4 Å². The number of nitrogens with one attached hydrogen (secondary N) is 2. The Morgan fingerprint density at radius 3 is 2.23 bits per heavy atom. The highest BCUT2D eigenvalue weighted by atomic mass is 32.2. The number of rotatable bonds is 4. The fourth-order valence-electron chi connectivity index (χ4n) is 2.16. The number of alkyl halides is 3. The van der Waals surface area contributed by atoms with Crippen molar-refractivity contribution < 1.29 is 26.4 Å². The molecule has 0 saturated carbocycles. The first kappa shape index (κ1) is 19.5. The van der Waals surface area contributed by atoms with E-state index in [-0.39, 0.29) is 21.8 Å². The van der Waals surface area contributed by atoms with E-state index >= 15 is 0 Å². The van der Waals surface area contributed by atoms with Crippen molar-refractivity contribution in [3.05, 3.63) is 47.5 Å². The average Bonchev–Trinajstić information content (AvgIpc) is 2.52. The Kier molecular flexibility index (Phi) is 5.14. The van der Waals surface area contributed by atoms with Crippen molar-refractivity contribution in [1.82, 2.24) is 0 Å². The number of nitrogens with two attached hydrogens (primary N) is 2. The van der Waals surface area contributed by atoms with Crippen LogP contribution in [-0.4, -0.2) is 21.4 Å². The molecule has 2 aromatic carbocycles. The largest absolute Gasteiger partial charge is 0.416 e. The molecule has 140 valence electrons. The van der Waals surface area contributed by atoms with Crippen molar-refractivity contribution in [2.45, 2.75) is 11.1 Å². The normalized spacial score (nSPS) is 11.9. The Balaban J connectivity index is 2.38. The summed E-state index contributed by atoms with van der Waals surface area (Å²) in [5.74, 6) is -0.806. The third-order valence-electron chi connectivity index (χ3n) is 3.46. The number of halogens is 3. The number of sulfonamides is 1. The fourth-order valence-corrected chi connectivity index (χ4v) is 2.70. The first-order valence-electron chi connectivity index (χ1n) is 7.06. The molecular formula is C15H15F3N4O3S. The number of benzene rings is 2. The van der Waals surface area contributed by atoms with Crippen LogP contribution in [0.5, 0.6) is 0 Å². The zero-order valence-corrected chi connectivity index (χ0v) is 14.2. The lowest BCUT2D eigenvalue weighted by molar-refractivity contribution is -0.137. The molecule has 6 N–H and O–H groups in total. The molecule has 0 atom stereocenters. The molecule has 0 fully saturated rings. The van der Waals surface area contributed by atoms with Crippen LogP contribution in [0, 0.1) is 0 Å². The zero-order chi connectivity index (χ0) is 19.7. The van der Waals surface area contributed by atoms with Gasteiger partial charge in [0.1, 0.15) is 0 Å². The van der Waals surface area contributed by atoms with Crippen LogP contribution < -0.4 is 21.5 Å². The molecule has 2 aromatic rings. The smallest absolute Gasteiger partial charge is 0.398 e. The number of primary sulfonamides is 1. The SMILES string of the molecule is CNc1ccc(S(N)(=O)=O)cc1NC(=O)c1ccc(C(F)(F)F)cc1N. The number of hydrogen-bond acceptors (Lipinski definition) is 5. The molecule has 2 rings (SSSR count). The van der Waals surface area contributed by atoms with Gasteiger partial charge in [-0.2, -0.15) is 13.2 Å². The molecule has 7 nitrogen and oxygen atoms in total. The van der Waals surface area contributed by atoms with E-state index in [1.165, 1.54) is 19.2 Å². The second-order valence-electron chi connectivity index (χ2n) is 5.26. The summed E-state index contributed by atoms with van der Waals surface area (Å²) in [7, 11) is -2.47. The van der Waals surface area contributed by atoms with Crippen LogP contribution >= 0.6 is 0 Å². The Labute approximate surface area is 147 Å². The molecule has 0 heterocycles. The van der Waals surface area contributed by atoms with Gasteiger partial charge in [0.05, 0.1) is 27.4 Å². The molecule has 0 aromatic heterocycles. The Morgan fingerprint density at radius 1 is 1.08 bits per heavy atom. The highest BCUT2D eigenvalue weighted by Gasteiger charge is 2.31. The molecule has 0 aliphatic carbocycles. The third kappa shape index (κ3) is 4.24. The van der Waals surface area contributed by atoms with Gasteiger partial charge in [-0.15, -0.1) is 0 Å². The molecule has 26 heavy (non-hydrogen) atoms. The minimum Gasteiger partial charge on any atom is -0.398 e. The molecule has 0 spiro atoms. The lowest BCUT2D eigenvalue weighted by Gasteiger charge is -2.14. The van der Waals surface area contributed by atoms with Gasteiger partial charge in [0.15, 0.2) is 0 Å². The van der Waals surface area contributed by atoms with Crippen LogP contribution in [0.25, 0.3) is 0 Å². The quantitative estimate of drug-likeness (QED) is 0.597. The Hall–Kier alpha value is -2.79. The third-order valence-corrected chi connectivity index (χ3v) is 4.37. The molecule has 1 amide bonds. The van der Waals surface area contributed by atoms with E-state index in [0.717, 1.165) is 18.2 Å². The summed E-state index contributed by atoms with van der Waals surface area (Å²) in [4.78, 5) is 12.1. The summed E-state index contributed by atoms with van der Waals surface area (Å²) >= 11 is 0. The van der Waals surface area contributed by atoms with Gasteiger partial charge in [0.2, 0.25) is 10.0 Å². The lowest BCUT2D eigenvalue weighted by Crippen LogP contribution is -2.17. The Morgan fingerprint density at radius 2 is 1.73 bits per heavy atom. The van der Waals surface area contributed by atoms with E-state index < -0.39 is 27.7 Å². The van der Waals surface area contributed by atoms with E-state index in [1.54, 1.807) is 0 Å². The molecule has 0 bridgehead atoms. The molecule has 0 aliphatic rings. The van der Waals surface area contributed by atoms with Gasteiger partial charge in [-0.25, -0.2) is 13.6 Å². The van der Waals surface area contributed by atoms with E-state index in [0.29, 0.717) is 11.8 Å². The van der Waals surface area contributed by atoms with Gasteiger partial charge < -0.3 is 16.4 Å². The van der Waals surface area contributed by atoms with Crippen molar-refractivity contribution in [1.29, 1.82) is 0 Å². The maximum atomic E-state index is 12.7. The first-order valence-corrected chi connectivity index (χ1v) is 8.61. The molecule has 0 aliphatic heterocycles. The minimum atomic E-state index is -4.59. The fraction of sp³-hybridized carbons (Fsp3) is 0.133. The highest BCUT2D eigenvalue weighted by molar-refractivity contribution is 7.89. The van der Waals surface area contributed by atoms with Crippen LogP contribution in [0.3, 0.4) is 0 Å².